The number of hydrogen-bond donors (Lipinski definition) is 1. The Bertz CT molecular complexity index is 1480. The van der Waals surface area contributed by atoms with Crippen LogP contribution >= 0.6 is 0 Å². The van der Waals surface area contributed by atoms with Gasteiger partial charge in [0.15, 0.2) is 0 Å². The number of rotatable bonds is 6. The van der Waals surface area contributed by atoms with Gasteiger partial charge in [0.25, 0.3) is 0 Å². The molecule has 0 aliphatic carbocycles. The number of ether oxygens (including phenoxy) is 4. The predicted octanol–water partition coefficient (Wildman–Crippen LogP) is 7.30. The van der Waals surface area contributed by atoms with Crippen molar-refractivity contribution in [2.45, 2.75) is 0 Å². The van der Waals surface area contributed by atoms with Gasteiger partial charge in [-0.25, -0.2) is 9.59 Å². The van der Waals surface area contributed by atoms with Gasteiger partial charge in [0.2, 0.25) is 0 Å². The first-order valence-corrected chi connectivity index (χ1v) is 11.4. The van der Waals surface area contributed by atoms with Gasteiger partial charge >= 0.3 is 11.9 Å². The molecular weight excluding hydrogens is 470 g/mol. The van der Waals surface area contributed by atoms with Gasteiger partial charge in [-0.1, -0.05) is 13.2 Å². The quantitative estimate of drug-likeness (QED) is 0.285. The molecule has 0 saturated heterocycles. The van der Waals surface area contributed by atoms with Crippen LogP contribution in [-0.4, -0.2) is 11.9 Å². The average Bonchev–Trinajstić information content (AvgIpc) is 3.34. The fraction of sp³-hybridized carbons (Fsp3) is 0. The van der Waals surface area contributed by atoms with E-state index >= 15 is 0 Å². The summed E-state index contributed by atoms with van der Waals surface area (Å²) in [5.41, 5.74) is 4.00. The SMILES string of the molecule is C=C1OC(=O)c2ccc(Oc3ccc(Nc4ccc(Oc5ccc6c(c5)C(=C)OC6=O)cc4)cc3)cc21. The van der Waals surface area contributed by atoms with Gasteiger partial charge in [0.05, 0.1) is 11.1 Å². The van der Waals surface area contributed by atoms with E-state index in [1.807, 2.05) is 48.5 Å². The molecular formula is C30H19NO6. The third-order valence-electron chi connectivity index (χ3n) is 5.92. The Hall–Kier alpha value is -5.30. The number of carbonyl (C=O) groups is 2. The number of hydrogen-bond acceptors (Lipinski definition) is 7. The van der Waals surface area contributed by atoms with E-state index in [0.29, 0.717) is 56.8 Å². The number of benzene rings is 4. The molecule has 1 N–H and O–H groups in total. The minimum atomic E-state index is -0.399. The minimum absolute atomic E-state index is 0.325. The summed E-state index contributed by atoms with van der Waals surface area (Å²) in [5.74, 6) is 2.32. The van der Waals surface area contributed by atoms with Crippen molar-refractivity contribution in [3.05, 3.63) is 120 Å². The van der Waals surface area contributed by atoms with Crippen LogP contribution < -0.4 is 14.8 Å². The van der Waals surface area contributed by atoms with Crippen molar-refractivity contribution < 1.29 is 28.5 Å². The monoisotopic (exact) mass is 489 g/mol. The van der Waals surface area contributed by atoms with Crippen LogP contribution in [-0.2, 0) is 9.47 Å². The van der Waals surface area contributed by atoms with E-state index in [2.05, 4.69) is 18.5 Å². The second-order valence-electron chi connectivity index (χ2n) is 8.42. The highest BCUT2D eigenvalue weighted by atomic mass is 16.5. The second-order valence-corrected chi connectivity index (χ2v) is 8.42. The van der Waals surface area contributed by atoms with Crippen molar-refractivity contribution in [3.63, 3.8) is 0 Å². The second kappa shape index (κ2) is 8.73. The van der Waals surface area contributed by atoms with Gasteiger partial charge in [-0.05, 0) is 84.9 Å². The number of fused-ring (bicyclic) bond motifs is 2. The van der Waals surface area contributed by atoms with Crippen LogP contribution in [0.15, 0.2) is 98.1 Å². The van der Waals surface area contributed by atoms with Crippen LogP contribution in [0, 0.1) is 0 Å². The summed E-state index contributed by atoms with van der Waals surface area (Å²) in [6.45, 7) is 7.51. The molecule has 6 rings (SSSR count). The molecule has 0 radical (unpaired) electrons. The number of carbonyl (C=O) groups excluding carboxylic acids is 2. The lowest BCUT2D eigenvalue weighted by atomic mass is 10.1. The summed E-state index contributed by atoms with van der Waals surface area (Å²) in [4.78, 5) is 23.5. The van der Waals surface area contributed by atoms with E-state index in [9.17, 15) is 9.59 Å². The molecule has 37 heavy (non-hydrogen) atoms. The summed E-state index contributed by atoms with van der Waals surface area (Å²) in [6.07, 6.45) is 0. The van der Waals surface area contributed by atoms with Gasteiger partial charge in [-0.2, -0.15) is 0 Å². The molecule has 0 aromatic heterocycles. The molecule has 7 nitrogen and oxygen atoms in total. The van der Waals surface area contributed by atoms with Crippen LogP contribution in [0.2, 0.25) is 0 Å². The van der Waals surface area contributed by atoms with E-state index in [1.54, 1.807) is 36.4 Å². The Balaban J connectivity index is 1.09. The highest BCUT2D eigenvalue weighted by molar-refractivity contribution is 6.03. The van der Waals surface area contributed by atoms with Crippen molar-refractivity contribution in [1.29, 1.82) is 0 Å². The Labute approximate surface area is 212 Å². The van der Waals surface area contributed by atoms with Crippen LogP contribution in [0.3, 0.4) is 0 Å². The molecule has 0 unspecified atom stereocenters. The molecule has 0 atom stereocenters. The third kappa shape index (κ3) is 4.30. The van der Waals surface area contributed by atoms with Crippen LogP contribution in [0.5, 0.6) is 23.0 Å². The first kappa shape index (κ1) is 22.2. The molecule has 7 heteroatoms. The van der Waals surface area contributed by atoms with E-state index in [0.717, 1.165) is 11.4 Å². The lowest BCUT2D eigenvalue weighted by Crippen LogP contribution is -1.94. The largest absolute Gasteiger partial charge is 0.457 e. The van der Waals surface area contributed by atoms with Gasteiger partial charge < -0.3 is 24.3 Å². The van der Waals surface area contributed by atoms with Gasteiger partial charge in [-0.3, -0.25) is 0 Å². The molecule has 4 aromatic rings. The molecule has 0 saturated carbocycles. The average molecular weight is 489 g/mol. The number of esters is 2. The fourth-order valence-electron chi connectivity index (χ4n) is 4.09. The molecule has 2 aliphatic rings. The number of anilines is 2. The van der Waals surface area contributed by atoms with E-state index in [4.69, 9.17) is 18.9 Å². The first-order chi connectivity index (χ1) is 17.9. The lowest BCUT2D eigenvalue weighted by Gasteiger charge is -2.11. The van der Waals surface area contributed by atoms with Crippen molar-refractivity contribution >= 4 is 34.8 Å². The maximum absolute atomic E-state index is 11.7. The fourth-order valence-corrected chi connectivity index (χ4v) is 4.09. The summed E-state index contributed by atoms with van der Waals surface area (Å²) < 4.78 is 21.9. The number of cyclic esters (lactones) is 2. The smallest absolute Gasteiger partial charge is 0.344 e. The Morgan fingerprint density at radius 1 is 0.514 bits per heavy atom. The van der Waals surface area contributed by atoms with Gasteiger partial charge in [0.1, 0.15) is 34.5 Å². The number of nitrogens with one attached hydrogen (secondary N) is 1. The molecule has 4 aromatic carbocycles. The summed E-state index contributed by atoms with van der Waals surface area (Å²) in [5, 5.41) is 3.33. The zero-order valence-corrected chi connectivity index (χ0v) is 19.4. The van der Waals surface area contributed by atoms with Crippen LogP contribution in [0.25, 0.3) is 11.5 Å². The maximum atomic E-state index is 11.7. The van der Waals surface area contributed by atoms with Crippen molar-refractivity contribution in [2.75, 3.05) is 5.32 Å². The van der Waals surface area contributed by atoms with Gasteiger partial charge in [0, 0.05) is 22.5 Å². The standard InChI is InChI=1S/C30H19NO6/c1-17-27-15-23(11-13-25(27)29(32)34-17)36-21-7-3-19(4-8-21)31-20-5-9-22(10-6-20)37-24-12-14-26-28(16-24)18(2)35-30(26)33/h3-16,31H,1-2H2. The molecule has 0 spiro atoms. The zero-order chi connectivity index (χ0) is 25.5. The normalized spacial score (nSPS) is 13.5. The molecule has 0 bridgehead atoms. The van der Waals surface area contributed by atoms with E-state index in [-0.39, 0.29) is 0 Å². The lowest BCUT2D eigenvalue weighted by molar-refractivity contribution is 0.0706. The molecule has 180 valence electrons. The maximum Gasteiger partial charge on any atom is 0.344 e. The summed E-state index contributed by atoms with van der Waals surface area (Å²) >= 11 is 0. The molecule has 0 fully saturated rings. The molecule has 2 aliphatic heterocycles. The Morgan fingerprint density at radius 3 is 1.30 bits per heavy atom. The van der Waals surface area contributed by atoms with E-state index < -0.39 is 11.9 Å². The molecule has 2 heterocycles. The Kier molecular flexibility index (Phi) is 5.23. The third-order valence-corrected chi connectivity index (χ3v) is 5.92. The summed E-state index contributed by atoms with van der Waals surface area (Å²) in [6, 6.07) is 25.3. The highest BCUT2D eigenvalue weighted by Crippen LogP contribution is 2.35. The van der Waals surface area contributed by atoms with Crippen LogP contribution in [0.1, 0.15) is 31.8 Å². The highest BCUT2D eigenvalue weighted by Gasteiger charge is 2.26. The van der Waals surface area contributed by atoms with E-state index in [1.165, 1.54) is 0 Å². The van der Waals surface area contributed by atoms with Crippen molar-refractivity contribution in [1.82, 2.24) is 0 Å². The minimum Gasteiger partial charge on any atom is -0.457 e. The van der Waals surface area contributed by atoms with Crippen molar-refractivity contribution in [2.24, 2.45) is 0 Å². The van der Waals surface area contributed by atoms with Gasteiger partial charge in [-0.15, -0.1) is 0 Å². The summed E-state index contributed by atoms with van der Waals surface area (Å²) in [7, 11) is 0. The zero-order valence-electron chi connectivity index (χ0n) is 19.4. The molecule has 0 amide bonds. The van der Waals surface area contributed by atoms with Crippen LogP contribution in [0.4, 0.5) is 11.4 Å². The van der Waals surface area contributed by atoms with Crippen molar-refractivity contribution in [3.8, 4) is 23.0 Å². The predicted molar refractivity (Wildman–Crippen MR) is 138 cm³/mol. The first-order valence-electron chi connectivity index (χ1n) is 11.4. The Morgan fingerprint density at radius 2 is 0.892 bits per heavy atom. The topological polar surface area (TPSA) is 83.1 Å².